The van der Waals surface area contributed by atoms with Crippen molar-refractivity contribution in [2.75, 3.05) is 0 Å². The third-order valence-corrected chi connectivity index (χ3v) is 4.78. The van der Waals surface area contributed by atoms with Crippen LogP contribution in [0.1, 0.15) is 73.6 Å². The summed E-state index contributed by atoms with van der Waals surface area (Å²) in [6.07, 6.45) is 8.26. The van der Waals surface area contributed by atoms with Gasteiger partial charge in [-0.2, -0.15) is 4.98 Å². The first-order valence-electron chi connectivity index (χ1n) is 9.05. The summed E-state index contributed by atoms with van der Waals surface area (Å²) in [7, 11) is 0. The molecular formula is C18H22N6O2. The number of carbonyl (C=O) groups excluding carboxylic acids is 1. The molecular weight excluding hydrogens is 332 g/mol. The highest BCUT2D eigenvalue weighted by Gasteiger charge is 2.20. The van der Waals surface area contributed by atoms with Crippen molar-refractivity contribution in [2.45, 2.75) is 58.0 Å². The normalized spacial score (nSPS) is 15.2. The molecule has 4 rings (SSSR count). The maximum atomic E-state index is 12.4. The number of nitrogens with zero attached hydrogens (tertiary/aromatic N) is 5. The zero-order valence-electron chi connectivity index (χ0n) is 15.0. The first-order chi connectivity index (χ1) is 12.6. The van der Waals surface area contributed by atoms with Crippen LogP contribution in [0.15, 0.2) is 23.1 Å². The lowest BCUT2D eigenvalue weighted by atomic mass is 10.2. The van der Waals surface area contributed by atoms with Crippen molar-refractivity contribution in [1.82, 2.24) is 30.0 Å². The van der Waals surface area contributed by atoms with E-state index in [1.165, 1.54) is 25.7 Å². The molecule has 1 amide bonds. The van der Waals surface area contributed by atoms with Gasteiger partial charge in [0.15, 0.2) is 11.5 Å². The molecule has 0 unspecified atom stereocenters. The Morgan fingerprint density at radius 3 is 2.88 bits per heavy atom. The SMILES string of the molecule is CC(C)c1nc(CNC(=O)c2cnc3c(c2)ncn3C2CCCC2)no1. The summed E-state index contributed by atoms with van der Waals surface area (Å²) in [6.45, 7) is 4.16. The van der Waals surface area contributed by atoms with Gasteiger partial charge >= 0.3 is 0 Å². The van der Waals surface area contributed by atoms with Crippen molar-refractivity contribution in [3.63, 3.8) is 0 Å². The molecule has 1 saturated carbocycles. The van der Waals surface area contributed by atoms with Crippen LogP contribution in [-0.4, -0.2) is 30.6 Å². The molecule has 0 saturated heterocycles. The Morgan fingerprint density at radius 2 is 2.15 bits per heavy atom. The van der Waals surface area contributed by atoms with E-state index in [1.807, 2.05) is 20.2 Å². The molecule has 1 fully saturated rings. The third kappa shape index (κ3) is 3.18. The summed E-state index contributed by atoms with van der Waals surface area (Å²) in [5.41, 5.74) is 2.06. The van der Waals surface area contributed by atoms with E-state index in [-0.39, 0.29) is 18.4 Å². The van der Waals surface area contributed by atoms with Gasteiger partial charge in [-0.3, -0.25) is 4.79 Å². The fourth-order valence-corrected chi connectivity index (χ4v) is 3.33. The van der Waals surface area contributed by atoms with Gasteiger partial charge < -0.3 is 14.4 Å². The molecule has 3 aromatic rings. The monoisotopic (exact) mass is 354 g/mol. The van der Waals surface area contributed by atoms with Crippen LogP contribution in [0.5, 0.6) is 0 Å². The molecule has 8 heteroatoms. The summed E-state index contributed by atoms with van der Waals surface area (Å²) >= 11 is 0. The average molecular weight is 354 g/mol. The highest BCUT2D eigenvalue weighted by molar-refractivity contribution is 5.96. The molecule has 26 heavy (non-hydrogen) atoms. The maximum Gasteiger partial charge on any atom is 0.253 e. The second-order valence-corrected chi connectivity index (χ2v) is 7.04. The number of hydrogen-bond donors (Lipinski definition) is 1. The second kappa shape index (κ2) is 6.86. The quantitative estimate of drug-likeness (QED) is 0.756. The smallest absolute Gasteiger partial charge is 0.253 e. The number of pyridine rings is 1. The zero-order chi connectivity index (χ0) is 18.1. The Balaban J connectivity index is 1.46. The van der Waals surface area contributed by atoms with E-state index in [2.05, 4.69) is 30.0 Å². The lowest BCUT2D eigenvalue weighted by molar-refractivity contribution is 0.0949. The van der Waals surface area contributed by atoms with Crippen molar-refractivity contribution in [2.24, 2.45) is 0 Å². The topological polar surface area (TPSA) is 98.7 Å². The Kier molecular flexibility index (Phi) is 4.40. The van der Waals surface area contributed by atoms with E-state index in [9.17, 15) is 4.79 Å². The number of fused-ring (bicyclic) bond motifs is 1. The Morgan fingerprint density at radius 1 is 1.35 bits per heavy atom. The molecule has 0 aliphatic heterocycles. The lowest BCUT2D eigenvalue weighted by Gasteiger charge is -2.11. The largest absolute Gasteiger partial charge is 0.345 e. The van der Waals surface area contributed by atoms with Gasteiger partial charge in [0.25, 0.3) is 5.91 Å². The summed E-state index contributed by atoms with van der Waals surface area (Å²) in [4.78, 5) is 25.5. The number of rotatable bonds is 5. The van der Waals surface area contributed by atoms with E-state index in [0.717, 1.165) is 11.2 Å². The highest BCUT2D eigenvalue weighted by atomic mass is 16.5. The number of imidazole rings is 1. The first kappa shape index (κ1) is 16.7. The van der Waals surface area contributed by atoms with Gasteiger partial charge in [-0.05, 0) is 18.9 Å². The molecule has 1 N–H and O–H groups in total. The summed E-state index contributed by atoms with van der Waals surface area (Å²) in [5, 5.41) is 6.66. The van der Waals surface area contributed by atoms with Crippen LogP contribution in [0.3, 0.4) is 0 Å². The van der Waals surface area contributed by atoms with E-state index in [1.54, 1.807) is 12.3 Å². The van der Waals surface area contributed by atoms with E-state index < -0.39 is 0 Å². The number of carbonyl (C=O) groups is 1. The predicted molar refractivity (Wildman–Crippen MR) is 94.6 cm³/mol. The molecule has 0 aromatic carbocycles. The van der Waals surface area contributed by atoms with Gasteiger partial charge in [0, 0.05) is 18.2 Å². The molecule has 0 radical (unpaired) electrons. The number of amides is 1. The molecule has 0 bridgehead atoms. The highest BCUT2D eigenvalue weighted by Crippen LogP contribution is 2.31. The van der Waals surface area contributed by atoms with Gasteiger partial charge in [0.1, 0.15) is 5.52 Å². The zero-order valence-corrected chi connectivity index (χ0v) is 15.0. The number of nitrogens with one attached hydrogen (secondary N) is 1. The van der Waals surface area contributed by atoms with Crippen LogP contribution in [0.4, 0.5) is 0 Å². The van der Waals surface area contributed by atoms with Crippen LogP contribution in [0.2, 0.25) is 0 Å². The van der Waals surface area contributed by atoms with Gasteiger partial charge in [0.05, 0.1) is 18.4 Å². The molecule has 1 aliphatic rings. The van der Waals surface area contributed by atoms with E-state index in [0.29, 0.717) is 23.3 Å². The van der Waals surface area contributed by atoms with Gasteiger partial charge in [-0.1, -0.05) is 31.8 Å². The Labute approximate surface area is 151 Å². The first-order valence-corrected chi connectivity index (χ1v) is 9.05. The molecule has 136 valence electrons. The molecule has 1 aliphatic carbocycles. The Bertz CT molecular complexity index is 923. The number of hydrogen-bond acceptors (Lipinski definition) is 6. The van der Waals surface area contributed by atoms with Crippen molar-refractivity contribution in [1.29, 1.82) is 0 Å². The van der Waals surface area contributed by atoms with Crippen molar-refractivity contribution in [3.05, 3.63) is 35.9 Å². The average Bonchev–Trinajstić information content (AvgIpc) is 3.38. The van der Waals surface area contributed by atoms with Crippen LogP contribution in [0, 0.1) is 0 Å². The maximum absolute atomic E-state index is 12.4. The third-order valence-electron chi connectivity index (χ3n) is 4.78. The Hall–Kier alpha value is -2.77. The van der Waals surface area contributed by atoms with Gasteiger partial charge in [0.2, 0.25) is 5.89 Å². The summed E-state index contributed by atoms with van der Waals surface area (Å²) in [6, 6.07) is 2.25. The van der Waals surface area contributed by atoms with Gasteiger partial charge in [-0.25, -0.2) is 9.97 Å². The van der Waals surface area contributed by atoms with Gasteiger partial charge in [-0.15, -0.1) is 0 Å². The molecule has 0 spiro atoms. The van der Waals surface area contributed by atoms with Crippen LogP contribution in [-0.2, 0) is 6.54 Å². The van der Waals surface area contributed by atoms with Crippen molar-refractivity contribution < 1.29 is 9.32 Å². The fraction of sp³-hybridized carbons (Fsp3) is 0.500. The predicted octanol–water partition coefficient (Wildman–Crippen LogP) is 2.98. The van der Waals surface area contributed by atoms with Crippen molar-refractivity contribution in [3.8, 4) is 0 Å². The van der Waals surface area contributed by atoms with Crippen LogP contribution >= 0.6 is 0 Å². The van der Waals surface area contributed by atoms with E-state index in [4.69, 9.17) is 4.52 Å². The molecule has 8 nitrogen and oxygen atoms in total. The summed E-state index contributed by atoms with van der Waals surface area (Å²) in [5.74, 6) is 0.954. The van der Waals surface area contributed by atoms with E-state index >= 15 is 0 Å². The van der Waals surface area contributed by atoms with Crippen LogP contribution < -0.4 is 5.32 Å². The molecule has 3 aromatic heterocycles. The number of aromatic nitrogens is 5. The minimum Gasteiger partial charge on any atom is -0.345 e. The standard InChI is InChI=1S/C18H22N6O2/c1-11(2)18-22-15(23-26-18)9-20-17(25)12-7-14-16(19-8-12)24(10-21-14)13-5-3-4-6-13/h7-8,10-11,13H,3-6,9H2,1-2H3,(H,20,25). The molecule has 0 atom stereocenters. The second-order valence-electron chi connectivity index (χ2n) is 7.04. The minimum atomic E-state index is -0.231. The summed E-state index contributed by atoms with van der Waals surface area (Å²) < 4.78 is 7.27. The van der Waals surface area contributed by atoms with Crippen LogP contribution in [0.25, 0.3) is 11.2 Å². The fourth-order valence-electron chi connectivity index (χ4n) is 3.33. The minimum absolute atomic E-state index is 0.161. The lowest BCUT2D eigenvalue weighted by Crippen LogP contribution is -2.23. The molecule has 3 heterocycles. The van der Waals surface area contributed by atoms with Crippen molar-refractivity contribution >= 4 is 17.1 Å².